The number of nitrogens with zero attached hydrogens (tertiary/aromatic N) is 3. The highest BCUT2D eigenvalue weighted by Crippen LogP contribution is 2.31. The third kappa shape index (κ3) is 4.14. The monoisotopic (exact) mass is 436 g/mol. The van der Waals surface area contributed by atoms with Crippen LogP contribution in [-0.2, 0) is 16.1 Å². The molecule has 2 aromatic carbocycles. The van der Waals surface area contributed by atoms with Crippen molar-refractivity contribution >= 4 is 23.2 Å². The lowest BCUT2D eigenvalue weighted by Gasteiger charge is -2.26. The van der Waals surface area contributed by atoms with Crippen molar-refractivity contribution in [2.75, 3.05) is 23.4 Å². The van der Waals surface area contributed by atoms with Crippen LogP contribution >= 0.6 is 0 Å². The summed E-state index contributed by atoms with van der Waals surface area (Å²) in [6.45, 7) is 1.11. The second-order valence-corrected chi connectivity index (χ2v) is 7.82. The predicted molar refractivity (Wildman–Crippen MR) is 114 cm³/mol. The Kier molecular flexibility index (Phi) is 5.22. The van der Waals surface area contributed by atoms with Gasteiger partial charge in [0.05, 0.1) is 24.3 Å². The summed E-state index contributed by atoms with van der Waals surface area (Å²) in [5.74, 6) is 0.124. The lowest BCUT2D eigenvalue weighted by molar-refractivity contribution is -0.122. The normalized spacial score (nSPS) is 19.8. The van der Waals surface area contributed by atoms with Crippen molar-refractivity contribution in [3.8, 4) is 11.5 Å². The molecule has 5 rings (SSSR count). The van der Waals surface area contributed by atoms with Gasteiger partial charge >= 0.3 is 0 Å². The number of hydrogen-bond donors (Lipinski definition) is 1. The average Bonchev–Trinajstić information content (AvgIpc) is 3.40. The number of rotatable bonds is 5. The van der Waals surface area contributed by atoms with E-state index in [0.717, 1.165) is 5.75 Å². The number of halogens is 1. The van der Waals surface area contributed by atoms with Crippen LogP contribution < -0.4 is 19.7 Å². The van der Waals surface area contributed by atoms with Gasteiger partial charge in [-0.05, 0) is 36.4 Å². The summed E-state index contributed by atoms with van der Waals surface area (Å²) in [5.41, 5.74) is 1.12. The molecule has 0 bridgehead atoms. The molecule has 2 aliphatic rings. The van der Waals surface area contributed by atoms with Crippen LogP contribution in [0.1, 0.15) is 6.42 Å². The molecule has 8 nitrogen and oxygen atoms in total. The molecule has 0 spiro atoms. The molecule has 0 unspecified atom stereocenters. The van der Waals surface area contributed by atoms with Crippen LogP contribution in [0.15, 0.2) is 60.9 Å². The van der Waals surface area contributed by atoms with E-state index in [1.165, 1.54) is 29.2 Å². The highest BCUT2D eigenvalue weighted by Gasteiger charge is 2.35. The van der Waals surface area contributed by atoms with E-state index < -0.39 is 5.92 Å². The van der Waals surface area contributed by atoms with Crippen LogP contribution in [-0.4, -0.2) is 40.9 Å². The van der Waals surface area contributed by atoms with Gasteiger partial charge in [-0.25, -0.2) is 4.39 Å². The second kappa shape index (κ2) is 8.33. The molecule has 0 saturated carbocycles. The minimum Gasteiger partial charge on any atom is -0.486 e. The van der Waals surface area contributed by atoms with Crippen molar-refractivity contribution in [1.29, 1.82) is 0 Å². The van der Waals surface area contributed by atoms with Crippen molar-refractivity contribution in [2.24, 2.45) is 5.92 Å². The third-order valence-electron chi connectivity index (χ3n) is 5.49. The first-order valence-electron chi connectivity index (χ1n) is 10.3. The van der Waals surface area contributed by atoms with Gasteiger partial charge in [-0.2, -0.15) is 5.10 Å². The van der Waals surface area contributed by atoms with Gasteiger partial charge in [-0.1, -0.05) is 12.1 Å². The summed E-state index contributed by atoms with van der Waals surface area (Å²) in [7, 11) is 0. The maximum Gasteiger partial charge on any atom is 0.229 e. The van der Waals surface area contributed by atoms with E-state index in [2.05, 4.69) is 10.4 Å². The highest BCUT2D eigenvalue weighted by molar-refractivity contribution is 6.03. The number of ether oxygens (including phenoxy) is 2. The number of para-hydroxylation sites is 2. The van der Waals surface area contributed by atoms with Gasteiger partial charge in [0, 0.05) is 24.8 Å². The van der Waals surface area contributed by atoms with E-state index in [9.17, 15) is 14.0 Å². The first-order valence-corrected chi connectivity index (χ1v) is 10.3. The van der Waals surface area contributed by atoms with Gasteiger partial charge in [-0.3, -0.25) is 14.3 Å². The summed E-state index contributed by atoms with van der Waals surface area (Å²) in [6.07, 6.45) is 3.18. The highest BCUT2D eigenvalue weighted by atomic mass is 19.1. The van der Waals surface area contributed by atoms with E-state index in [1.54, 1.807) is 17.1 Å². The molecule has 0 aliphatic carbocycles. The van der Waals surface area contributed by atoms with Gasteiger partial charge in [-0.15, -0.1) is 0 Å². The van der Waals surface area contributed by atoms with E-state index in [4.69, 9.17) is 9.47 Å². The zero-order valence-corrected chi connectivity index (χ0v) is 17.1. The lowest BCUT2D eigenvalue weighted by atomic mass is 10.1. The molecular weight excluding hydrogens is 415 g/mol. The predicted octanol–water partition coefficient (Wildman–Crippen LogP) is 2.85. The Balaban J connectivity index is 1.17. The quantitative estimate of drug-likeness (QED) is 0.665. The van der Waals surface area contributed by atoms with Crippen molar-refractivity contribution in [2.45, 2.75) is 19.1 Å². The average molecular weight is 436 g/mol. The van der Waals surface area contributed by atoms with Crippen molar-refractivity contribution < 1.29 is 23.5 Å². The molecule has 3 heterocycles. The van der Waals surface area contributed by atoms with E-state index in [1.807, 2.05) is 24.3 Å². The molecule has 0 radical (unpaired) electrons. The van der Waals surface area contributed by atoms with Gasteiger partial charge in [0.15, 0.2) is 17.6 Å². The number of amides is 2. The van der Waals surface area contributed by atoms with Crippen molar-refractivity contribution in [1.82, 2.24) is 9.78 Å². The van der Waals surface area contributed by atoms with Gasteiger partial charge < -0.3 is 19.7 Å². The van der Waals surface area contributed by atoms with E-state index >= 15 is 0 Å². The lowest BCUT2D eigenvalue weighted by Crippen LogP contribution is -2.33. The van der Waals surface area contributed by atoms with Crippen LogP contribution in [0.2, 0.25) is 0 Å². The molecule has 1 fully saturated rings. The van der Waals surface area contributed by atoms with Crippen molar-refractivity contribution in [3.63, 3.8) is 0 Å². The number of nitrogens with one attached hydrogen (secondary N) is 1. The first kappa shape index (κ1) is 20.0. The zero-order chi connectivity index (χ0) is 22.1. The fraction of sp³-hybridized carbons (Fsp3) is 0.261. The zero-order valence-electron chi connectivity index (χ0n) is 17.1. The number of carbonyl (C=O) groups is 2. The Hall–Kier alpha value is -3.88. The summed E-state index contributed by atoms with van der Waals surface area (Å²) in [5, 5.41) is 7.11. The van der Waals surface area contributed by atoms with E-state index in [-0.39, 0.29) is 36.7 Å². The molecule has 164 valence electrons. The Morgan fingerprint density at radius 1 is 1.16 bits per heavy atom. The molecule has 2 aliphatic heterocycles. The maximum atomic E-state index is 13.1. The number of hydrogen-bond acceptors (Lipinski definition) is 5. The van der Waals surface area contributed by atoms with Gasteiger partial charge in [0.1, 0.15) is 12.4 Å². The van der Waals surface area contributed by atoms with Gasteiger partial charge in [0.2, 0.25) is 11.8 Å². The number of aromatic nitrogens is 2. The summed E-state index contributed by atoms with van der Waals surface area (Å²) in [6, 6.07) is 13.2. The Morgan fingerprint density at radius 3 is 2.75 bits per heavy atom. The largest absolute Gasteiger partial charge is 0.486 e. The molecule has 1 aromatic heterocycles. The van der Waals surface area contributed by atoms with Crippen LogP contribution in [0.25, 0.3) is 0 Å². The molecule has 1 N–H and O–H groups in total. The molecule has 3 aromatic rings. The summed E-state index contributed by atoms with van der Waals surface area (Å²) >= 11 is 0. The second-order valence-electron chi connectivity index (χ2n) is 7.82. The van der Waals surface area contributed by atoms with Crippen LogP contribution in [0.3, 0.4) is 0 Å². The minimum atomic E-state index is -0.498. The van der Waals surface area contributed by atoms with Crippen LogP contribution in [0.4, 0.5) is 15.8 Å². The van der Waals surface area contributed by atoms with Crippen LogP contribution in [0, 0.1) is 11.7 Å². The summed E-state index contributed by atoms with van der Waals surface area (Å²) in [4.78, 5) is 26.6. The molecule has 1 saturated heterocycles. The SMILES string of the molecule is O=C(Nc1cnn(C[C@@H]2COc3ccccc3O2)c1)[C@@H]1CC(=O)N(c2ccc(F)cc2)C1. The molecule has 2 atom stereocenters. The Labute approximate surface area is 183 Å². The van der Waals surface area contributed by atoms with Crippen LogP contribution in [0.5, 0.6) is 11.5 Å². The molecular formula is C23H21FN4O4. The maximum absolute atomic E-state index is 13.1. The minimum absolute atomic E-state index is 0.101. The number of fused-ring (bicyclic) bond motifs is 1. The molecule has 9 heteroatoms. The standard InChI is InChI=1S/C23H21FN4O4/c24-16-5-7-18(8-6-16)28-11-15(9-22(28)29)23(30)26-17-10-25-27(12-17)13-19-14-31-20-3-1-2-4-21(20)32-19/h1-8,10,12,15,19H,9,11,13-14H2,(H,26,30)/t15-,19-/m1/s1. The third-order valence-corrected chi connectivity index (χ3v) is 5.49. The number of benzene rings is 2. The number of carbonyl (C=O) groups excluding carboxylic acids is 2. The molecule has 2 amide bonds. The first-order chi connectivity index (χ1) is 15.5. The Bertz CT molecular complexity index is 1150. The van der Waals surface area contributed by atoms with Crippen molar-refractivity contribution in [3.05, 3.63) is 66.7 Å². The number of anilines is 2. The Morgan fingerprint density at radius 2 is 1.94 bits per heavy atom. The van der Waals surface area contributed by atoms with Gasteiger partial charge in [0.25, 0.3) is 0 Å². The summed E-state index contributed by atoms with van der Waals surface area (Å²) < 4.78 is 26.5. The molecule has 32 heavy (non-hydrogen) atoms. The smallest absolute Gasteiger partial charge is 0.229 e. The fourth-order valence-corrected chi connectivity index (χ4v) is 3.89. The topological polar surface area (TPSA) is 85.7 Å². The fourth-order valence-electron chi connectivity index (χ4n) is 3.89. The van der Waals surface area contributed by atoms with E-state index in [0.29, 0.717) is 30.3 Å².